The number of carbonyl (C=O) groups is 2. The van der Waals surface area contributed by atoms with Gasteiger partial charge in [-0.3, -0.25) is 9.59 Å². The second-order valence-corrected chi connectivity index (χ2v) is 14.7. The van der Waals surface area contributed by atoms with E-state index in [1.54, 1.807) is 86.3 Å². The molecular formula is C34H35ClN2O6S. The summed E-state index contributed by atoms with van der Waals surface area (Å²) in [5, 5.41) is 1.18. The highest BCUT2D eigenvalue weighted by molar-refractivity contribution is 7.90. The molecule has 0 bridgehead atoms. The van der Waals surface area contributed by atoms with E-state index < -0.39 is 39.8 Å². The van der Waals surface area contributed by atoms with Crippen molar-refractivity contribution in [2.45, 2.75) is 68.8 Å². The van der Waals surface area contributed by atoms with Gasteiger partial charge < -0.3 is 14.4 Å². The zero-order chi connectivity index (χ0) is 31.2. The molecule has 0 N–H and O–H groups in total. The molecule has 1 saturated carbocycles. The Hall–Kier alpha value is -3.66. The maximum absolute atomic E-state index is 14.4. The SMILES string of the molecule is CC(C)(C)OC(=O)CC1OC(c2cccc(Cl)c2)C(c2cc3ccccc3n2S(=O)(=O)c2ccccc2)N(CC2CC2)C1=O. The minimum atomic E-state index is -4.10. The first-order valence-electron chi connectivity index (χ1n) is 14.8. The van der Waals surface area contributed by atoms with Crippen LogP contribution in [0, 0.1) is 5.92 Å². The van der Waals surface area contributed by atoms with E-state index in [4.69, 9.17) is 21.1 Å². The summed E-state index contributed by atoms with van der Waals surface area (Å²) in [4.78, 5) is 29.1. The molecule has 3 atom stereocenters. The maximum atomic E-state index is 14.4. The number of hydrogen-bond donors (Lipinski definition) is 0. The number of amides is 1. The number of carbonyl (C=O) groups excluding carboxylic acids is 2. The van der Waals surface area contributed by atoms with E-state index in [0.717, 1.165) is 12.8 Å². The largest absolute Gasteiger partial charge is 0.460 e. The van der Waals surface area contributed by atoms with Crippen LogP contribution >= 0.6 is 11.6 Å². The number of esters is 1. The van der Waals surface area contributed by atoms with E-state index in [1.807, 2.05) is 24.3 Å². The highest BCUT2D eigenvalue weighted by atomic mass is 35.5. The lowest BCUT2D eigenvalue weighted by Crippen LogP contribution is -2.52. The average molecular weight is 635 g/mol. The molecule has 230 valence electrons. The van der Waals surface area contributed by atoms with Crippen molar-refractivity contribution in [2.24, 2.45) is 5.92 Å². The molecule has 1 amide bonds. The fourth-order valence-electron chi connectivity index (χ4n) is 5.83. The molecule has 1 aliphatic carbocycles. The molecule has 2 heterocycles. The Morgan fingerprint density at radius 2 is 1.68 bits per heavy atom. The van der Waals surface area contributed by atoms with Crippen LogP contribution in [0.25, 0.3) is 10.9 Å². The lowest BCUT2D eigenvalue weighted by Gasteiger charge is -2.45. The van der Waals surface area contributed by atoms with Gasteiger partial charge >= 0.3 is 5.97 Å². The van der Waals surface area contributed by atoms with E-state index in [2.05, 4.69) is 0 Å². The summed E-state index contributed by atoms with van der Waals surface area (Å²) in [6, 6.07) is 23.6. The number of fused-ring (bicyclic) bond motifs is 1. The van der Waals surface area contributed by atoms with Gasteiger partial charge in [0.25, 0.3) is 15.9 Å². The first-order valence-corrected chi connectivity index (χ1v) is 16.6. The number of halogens is 1. The number of para-hydroxylation sites is 1. The minimum absolute atomic E-state index is 0.126. The third kappa shape index (κ3) is 6.14. The topological polar surface area (TPSA) is 94.9 Å². The molecule has 1 aromatic heterocycles. The molecular weight excluding hydrogens is 600 g/mol. The lowest BCUT2D eigenvalue weighted by atomic mass is 9.93. The van der Waals surface area contributed by atoms with Crippen LogP contribution in [0.1, 0.15) is 63.4 Å². The molecule has 2 aliphatic rings. The van der Waals surface area contributed by atoms with Crippen molar-refractivity contribution in [3.8, 4) is 0 Å². The van der Waals surface area contributed by atoms with E-state index >= 15 is 0 Å². The molecule has 3 unspecified atom stereocenters. The predicted molar refractivity (Wildman–Crippen MR) is 168 cm³/mol. The Morgan fingerprint density at radius 1 is 0.977 bits per heavy atom. The van der Waals surface area contributed by atoms with E-state index in [0.29, 0.717) is 33.7 Å². The molecule has 4 aromatic rings. The van der Waals surface area contributed by atoms with Gasteiger partial charge in [-0.1, -0.05) is 60.1 Å². The van der Waals surface area contributed by atoms with Gasteiger partial charge in [0.1, 0.15) is 23.9 Å². The fourth-order valence-corrected chi connectivity index (χ4v) is 7.60. The Labute approximate surface area is 262 Å². The molecule has 1 aliphatic heterocycles. The van der Waals surface area contributed by atoms with Crippen molar-refractivity contribution in [3.63, 3.8) is 0 Å². The summed E-state index contributed by atoms with van der Waals surface area (Å²) in [6.07, 6.45) is -0.298. The summed E-state index contributed by atoms with van der Waals surface area (Å²) in [5.41, 5.74) is 0.818. The standard InChI is InChI=1S/C34H35ClN2O6S/c1-34(2,3)43-30(38)20-29-33(39)36(21-22-16-17-22)31(32(42-29)24-11-9-12-25(35)18-24)28-19-23-10-7-8-15-27(23)37(28)44(40,41)26-13-5-4-6-14-26/h4-15,18-19,22,29,31-32H,16-17,20-21H2,1-3H3. The van der Waals surface area contributed by atoms with E-state index in [9.17, 15) is 18.0 Å². The molecule has 3 aromatic carbocycles. The molecule has 6 rings (SSSR count). The zero-order valence-corrected chi connectivity index (χ0v) is 26.4. The predicted octanol–water partition coefficient (Wildman–Crippen LogP) is 6.68. The molecule has 1 saturated heterocycles. The minimum Gasteiger partial charge on any atom is -0.460 e. The number of aromatic nitrogens is 1. The summed E-state index contributed by atoms with van der Waals surface area (Å²) in [6.45, 7) is 5.71. The molecule has 0 spiro atoms. The number of nitrogens with zero attached hydrogens (tertiary/aromatic N) is 2. The Balaban J connectivity index is 1.54. The van der Waals surface area contributed by atoms with Crippen LogP contribution in [-0.2, 0) is 29.1 Å². The quantitative estimate of drug-likeness (QED) is 0.201. The maximum Gasteiger partial charge on any atom is 0.309 e. The summed E-state index contributed by atoms with van der Waals surface area (Å²) in [5.74, 6) is -0.656. The van der Waals surface area contributed by atoms with Gasteiger partial charge in [-0.2, -0.15) is 0 Å². The van der Waals surface area contributed by atoms with Crippen LogP contribution in [0.4, 0.5) is 0 Å². The van der Waals surface area contributed by atoms with Crippen LogP contribution in [-0.4, -0.2) is 47.4 Å². The number of benzene rings is 3. The smallest absolute Gasteiger partial charge is 0.309 e. The summed E-state index contributed by atoms with van der Waals surface area (Å²) < 4.78 is 42.2. The molecule has 0 radical (unpaired) electrons. The highest BCUT2D eigenvalue weighted by Crippen LogP contribution is 2.47. The second kappa shape index (κ2) is 11.7. The van der Waals surface area contributed by atoms with Crippen molar-refractivity contribution < 1.29 is 27.5 Å². The number of hydrogen-bond acceptors (Lipinski definition) is 6. The van der Waals surface area contributed by atoms with Gasteiger partial charge in [-0.25, -0.2) is 12.4 Å². The highest BCUT2D eigenvalue weighted by Gasteiger charge is 2.48. The fraction of sp³-hybridized carbons (Fsp3) is 0.353. The van der Waals surface area contributed by atoms with Crippen molar-refractivity contribution in [1.82, 2.24) is 8.87 Å². The first-order chi connectivity index (χ1) is 20.9. The first kappa shape index (κ1) is 30.4. The van der Waals surface area contributed by atoms with Crippen LogP contribution in [0.5, 0.6) is 0 Å². The van der Waals surface area contributed by atoms with Crippen LogP contribution in [0.15, 0.2) is 89.8 Å². The van der Waals surface area contributed by atoms with E-state index in [-0.39, 0.29) is 23.1 Å². The van der Waals surface area contributed by atoms with Gasteiger partial charge in [0.15, 0.2) is 0 Å². The van der Waals surface area contributed by atoms with Gasteiger partial charge in [-0.05, 0) is 81.5 Å². The summed E-state index contributed by atoms with van der Waals surface area (Å²) >= 11 is 6.45. The number of rotatable bonds is 8. The molecule has 44 heavy (non-hydrogen) atoms. The van der Waals surface area contributed by atoms with E-state index in [1.165, 1.54) is 3.97 Å². The number of ether oxygens (including phenoxy) is 2. The van der Waals surface area contributed by atoms with Gasteiger partial charge in [0.05, 0.1) is 22.5 Å². The third-order valence-corrected chi connectivity index (χ3v) is 9.86. The van der Waals surface area contributed by atoms with Crippen LogP contribution < -0.4 is 0 Å². The van der Waals surface area contributed by atoms with Crippen molar-refractivity contribution in [3.05, 3.63) is 101 Å². The van der Waals surface area contributed by atoms with Crippen LogP contribution in [0.2, 0.25) is 5.02 Å². The van der Waals surface area contributed by atoms with Crippen molar-refractivity contribution >= 4 is 44.4 Å². The zero-order valence-electron chi connectivity index (χ0n) is 24.9. The number of morpholine rings is 1. The van der Waals surface area contributed by atoms with Crippen molar-refractivity contribution in [1.29, 1.82) is 0 Å². The molecule has 8 nitrogen and oxygen atoms in total. The summed E-state index contributed by atoms with van der Waals surface area (Å²) in [7, 11) is -4.10. The normalized spacial score (nSPS) is 21.0. The van der Waals surface area contributed by atoms with Gasteiger partial charge in [-0.15, -0.1) is 0 Å². The van der Waals surface area contributed by atoms with Gasteiger partial charge in [0.2, 0.25) is 0 Å². The molecule has 2 fully saturated rings. The Kier molecular flexibility index (Phi) is 8.07. The Bertz CT molecular complexity index is 1810. The third-order valence-electron chi connectivity index (χ3n) is 7.87. The average Bonchev–Trinajstić information content (AvgIpc) is 3.71. The van der Waals surface area contributed by atoms with Crippen molar-refractivity contribution in [2.75, 3.05) is 6.54 Å². The Morgan fingerprint density at radius 3 is 2.36 bits per heavy atom. The lowest BCUT2D eigenvalue weighted by molar-refractivity contribution is -0.183. The monoisotopic (exact) mass is 634 g/mol. The second-order valence-electron chi connectivity index (χ2n) is 12.5. The van der Waals surface area contributed by atoms with Crippen LogP contribution in [0.3, 0.4) is 0 Å². The van der Waals surface area contributed by atoms with Gasteiger partial charge in [0, 0.05) is 17.0 Å². The molecule has 10 heteroatoms.